The molecule has 0 radical (unpaired) electrons. The number of halogens is 1. The molecule has 1 heterocycles. The molecule has 1 aliphatic rings. The first kappa shape index (κ1) is 14.7. The molecule has 0 saturated carbocycles. The second kappa shape index (κ2) is 5.67. The molecule has 1 aliphatic heterocycles. The van der Waals surface area contributed by atoms with Gasteiger partial charge in [-0.05, 0) is 6.92 Å². The molecule has 5 nitrogen and oxygen atoms in total. The van der Waals surface area contributed by atoms with E-state index in [1.807, 2.05) is 6.92 Å². The van der Waals surface area contributed by atoms with Crippen molar-refractivity contribution in [3.05, 3.63) is 0 Å². The maximum Gasteiger partial charge on any atom is 0.237 e. The van der Waals surface area contributed by atoms with Crippen molar-refractivity contribution in [3.8, 4) is 0 Å². The number of hydrogen-bond acceptors (Lipinski definition) is 4. The fraction of sp³-hybridized carbons (Fsp3) is 0.875. The van der Waals surface area contributed by atoms with Crippen LogP contribution < -0.4 is 5.32 Å². The molecule has 0 aromatic rings. The van der Waals surface area contributed by atoms with Gasteiger partial charge in [0, 0.05) is 31.9 Å². The summed E-state index contributed by atoms with van der Waals surface area (Å²) >= 11 is 0. The molecule has 7 heteroatoms. The smallest absolute Gasteiger partial charge is 0.237 e. The molecule has 1 N–H and O–H groups in total. The second-order valence-corrected chi connectivity index (χ2v) is 5.91. The molecule has 1 rings (SSSR count). The number of hydrogen-bond donors (Lipinski definition) is 1. The molecular formula is C8H17ClN2O3S. The van der Waals surface area contributed by atoms with E-state index in [9.17, 15) is 13.2 Å². The Morgan fingerprint density at radius 1 is 1.53 bits per heavy atom. The number of carbonyl (C=O) groups is 1. The standard InChI is InChI=1S/C8H16N2O3S.ClH/c1-7-5-10(4-3-9-7)8(11)6-14(2,12)13;/h7,9H,3-6H2,1-2H3;1H. The van der Waals surface area contributed by atoms with Crippen LogP contribution in [0.3, 0.4) is 0 Å². The maximum absolute atomic E-state index is 11.5. The van der Waals surface area contributed by atoms with Crippen LogP contribution in [0.2, 0.25) is 0 Å². The first-order valence-electron chi connectivity index (χ1n) is 4.57. The van der Waals surface area contributed by atoms with Crippen molar-refractivity contribution in [2.24, 2.45) is 0 Å². The SMILES string of the molecule is CC1CN(C(=O)CS(C)(=O)=O)CCN1.Cl. The first-order valence-corrected chi connectivity index (χ1v) is 6.63. The van der Waals surface area contributed by atoms with Gasteiger partial charge in [-0.1, -0.05) is 0 Å². The van der Waals surface area contributed by atoms with Crippen LogP contribution in [0.1, 0.15) is 6.92 Å². The number of nitrogens with one attached hydrogen (secondary N) is 1. The van der Waals surface area contributed by atoms with Gasteiger partial charge in [0.1, 0.15) is 5.75 Å². The van der Waals surface area contributed by atoms with Crippen LogP contribution >= 0.6 is 12.4 Å². The molecule has 1 amide bonds. The summed E-state index contributed by atoms with van der Waals surface area (Å²) < 4.78 is 21.8. The Labute approximate surface area is 96.5 Å². The van der Waals surface area contributed by atoms with Gasteiger partial charge >= 0.3 is 0 Å². The molecule has 90 valence electrons. The monoisotopic (exact) mass is 256 g/mol. The summed E-state index contributed by atoms with van der Waals surface area (Å²) in [7, 11) is -3.20. The molecule has 0 aromatic heterocycles. The van der Waals surface area contributed by atoms with Gasteiger partial charge in [0.15, 0.2) is 9.84 Å². The minimum atomic E-state index is -3.20. The van der Waals surface area contributed by atoms with Crippen LogP contribution in [0.4, 0.5) is 0 Å². The number of carbonyl (C=O) groups excluding carboxylic acids is 1. The zero-order chi connectivity index (χ0) is 10.8. The Morgan fingerprint density at radius 3 is 2.60 bits per heavy atom. The highest BCUT2D eigenvalue weighted by Gasteiger charge is 2.22. The molecule has 0 aromatic carbocycles. The Morgan fingerprint density at radius 2 is 2.13 bits per heavy atom. The van der Waals surface area contributed by atoms with Crippen molar-refractivity contribution in [3.63, 3.8) is 0 Å². The normalized spacial score (nSPS) is 22.0. The summed E-state index contributed by atoms with van der Waals surface area (Å²) in [5, 5.41) is 3.19. The van der Waals surface area contributed by atoms with Crippen LogP contribution in [0, 0.1) is 0 Å². The predicted octanol–water partition coefficient (Wildman–Crippen LogP) is -0.727. The lowest BCUT2D eigenvalue weighted by molar-refractivity contribution is -0.129. The van der Waals surface area contributed by atoms with Gasteiger partial charge in [-0.2, -0.15) is 0 Å². The number of rotatable bonds is 2. The highest BCUT2D eigenvalue weighted by Crippen LogP contribution is 2.00. The lowest BCUT2D eigenvalue weighted by Crippen LogP contribution is -2.52. The highest BCUT2D eigenvalue weighted by molar-refractivity contribution is 7.91. The van der Waals surface area contributed by atoms with Crippen LogP contribution in [-0.2, 0) is 14.6 Å². The molecule has 15 heavy (non-hydrogen) atoms. The van der Waals surface area contributed by atoms with Gasteiger partial charge in [-0.15, -0.1) is 12.4 Å². The van der Waals surface area contributed by atoms with E-state index in [-0.39, 0.29) is 30.1 Å². The molecule has 0 aliphatic carbocycles. The number of sulfone groups is 1. The second-order valence-electron chi connectivity index (χ2n) is 3.77. The summed E-state index contributed by atoms with van der Waals surface area (Å²) in [6, 6.07) is 0.243. The summed E-state index contributed by atoms with van der Waals surface area (Å²) in [5.41, 5.74) is 0. The van der Waals surface area contributed by atoms with Crippen molar-refractivity contribution < 1.29 is 13.2 Å². The number of nitrogens with zero attached hydrogens (tertiary/aromatic N) is 1. The van der Waals surface area contributed by atoms with E-state index in [4.69, 9.17) is 0 Å². The highest BCUT2D eigenvalue weighted by atomic mass is 35.5. The van der Waals surface area contributed by atoms with E-state index < -0.39 is 9.84 Å². The maximum atomic E-state index is 11.5. The fourth-order valence-electron chi connectivity index (χ4n) is 1.47. The lowest BCUT2D eigenvalue weighted by atomic mass is 10.2. The third-order valence-corrected chi connectivity index (χ3v) is 2.88. The van der Waals surface area contributed by atoms with Crippen LogP contribution in [0.25, 0.3) is 0 Å². The van der Waals surface area contributed by atoms with Crippen LogP contribution in [-0.4, -0.2) is 56.9 Å². The Bertz CT molecular complexity index is 318. The number of piperazine rings is 1. The minimum absolute atomic E-state index is 0. The van der Waals surface area contributed by atoms with Gasteiger partial charge in [-0.25, -0.2) is 8.42 Å². The van der Waals surface area contributed by atoms with E-state index >= 15 is 0 Å². The van der Waals surface area contributed by atoms with E-state index in [0.717, 1.165) is 12.8 Å². The van der Waals surface area contributed by atoms with Gasteiger partial charge in [0.2, 0.25) is 5.91 Å². The fourth-order valence-corrected chi connectivity index (χ4v) is 2.11. The van der Waals surface area contributed by atoms with E-state index in [1.165, 1.54) is 0 Å². The molecule has 1 saturated heterocycles. The Balaban J connectivity index is 0.00000196. The molecule has 1 atom stereocenters. The number of amides is 1. The van der Waals surface area contributed by atoms with Crippen molar-refractivity contribution in [2.45, 2.75) is 13.0 Å². The largest absolute Gasteiger partial charge is 0.339 e. The van der Waals surface area contributed by atoms with E-state index in [1.54, 1.807) is 4.90 Å². The van der Waals surface area contributed by atoms with E-state index in [0.29, 0.717) is 13.1 Å². The quantitative estimate of drug-likeness (QED) is 0.708. The van der Waals surface area contributed by atoms with E-state index in [2.05, 4.69) is 5.32 Å². The molecule has 0 bridgehead atoms. The van der Waals surface area contributed by atoms with Gasteiger partial charge in [0.25, 0.3) is 0 Å². The molecular weight excluding hydrogens is 240 g/mol. The zero-order valence-electron chi connectivity index (χ0n) is 8.89. The third kappa shape index (κ3) is 5.34. The molecule has 1 fully saturated rings. The van der Waals surface area contributed by atoms with Crippen molar-refractivity contribution in [1.82, 2.24) is 10.2 Å². The minimum Gasteiger partial charge on any atom is -0.339 e. The molecule has 0 spiro atoms. The van der Waals surface area contributed by atoms with Gasteiger partial charge < -0.3 is 10.2 Å². The lowest BCUT2D eigenvalue weighted by Gasteiger charge is -2.31. The summed E-state index contributed by atoms with van der Waals surface area (Å²) in [4.78, 5) is 13.1. The summed E-state index contributed by atoms with van der Waals surface area (Å²) in [5.74, 6) is -0.666. The summed E-state index contributed by atoms with van der Waals surface area (Å²) in [6.45, 7) is 3.89. The molecule has 1 unspecified atom stereocenters. The van der Waals surface area contributed by atoms with Gasteiger partial charge in [-0.3, -0.25) is 4.79 Å². The van der Waals surface area contributed by atoms with Crippen molar-refractivity contribution in [2.75, 3.05) is 31.6 Å². The van der Waals surface area contributed by atoms with Gasteiger partial charge in [0.05, 0.1) is 0 Å². The topological polar surface area (TPSA) is 66.5 Å². The van der Waals surface area contributed by atoms with Crippen LogP contribution in [0.5, 0.6) is 0 Å². The Hall–Kier alpha value is -0.330. The Kier molecular flexibility index (Phi) is 5.55. The predicted molar refractivity (Wildman–Crippen MR) is 61.0 cm³/mol. The van der Waals surface area contributed by atoms with Crippen LogP contribution in [0.15, 0.2) is 0 Å². The average molecular weight is 257 g/mol. The van der Waals surface area contributed by atoms with Crippen molar-refractivity contribution >= 4 is 28.2 Å². The third-order valence-electron chi connectivity index (χ3n) is 2.11. The summed E-state index contributed by atoms with van der Waals surface area (Å²) in [6.07, 6.45) is 1.08. The average Bonchev–Trinajstić information content (AvgIpc) is 2.01. The first-order chi connectivity index (χ1) is 6.38. The van der Waals surface area contributed by atoms with Crippen molar-refractivity contribution in [1.29, 1.82) is 0 Å². The zero-order valence-corrected chi connectivity index (χ0v) is 10.5.